The molecule has 0 heterocycles. The van der Waals surface area contributed by atoms with Crippen LogP contribution in [-0.2, 0) is 9.47 Å². The van der Waals surface area contributed by atoms with Crippen LogP contribution in [0.1, 0.15) is 13.3 Å². The van der Waals surface area contributed by atoms with E-state index in [9.17, 15) is 13.2 Å². The van der Waals surface area contributed by atoms with Gasteiger partial charge in [0.05, 0.1) is 6.61 Å². The number of ether oxygens (including phenoxy) is 2. The van der Waals surface area contributed by atoms with Gasteiger partial charge < -0.3 is 14.8 Å². The fourth-order valence-corrected chi connectivity index (χ4v) is 0.874. The molecule has 0 bridgehead atoms. The Morgan fingerprint density at radius 1 is 1.07 bits per heavy atom. The third kappa shape index (κ3) is 13.7. The average Bonchev–Trinajstić information content (AvgIpc) is 2.14. The van der Waals surface area contributed by atoms with E-state index < -0.39 is 12.8 Å². The second kappa shape index (κ2) is 8.94. The maximum Gasteiger partial charge on any atom is 0.411 e. The summed E-state index contributed by atoms with van der Waals surface area (Å²) in [4.78, 5) is 0. The summed E-state index contributed by atoms with van der Waals surface area (Å²) in [5.41, 5.74) is 0. The molecular weight excluding hydrogens is 211 g/mol. The van der Waals surface area contributed by atoms with Crippen LogP contribution in [0.5, 0.6) is 0 Å². The first-order valence-corrected chi connectivity index (χ1v) is 4.99. The van der Waals surface area contributed by atoms with Gasteiger partial charge in [0.2, 0.25) is 0 Å². The van der Waals surface area contributed by atoms with Crippen molar-refractivity contribution in [3.05, 3.63) is 0 Å². The van der Waals surface area contributed by atoms with Gasteiger partial charge in [0.25, 0.3) is 0 Å². The second-order valence-corrected chi connectivity index (χ2v) is 2.99. The summed E-state index contributed by atoms with van der Waals surface area (Å²) in [5.74, 6) is 0. The van der Waals surface area contributed by atoms with Gasteiger partial charge in [0.1, 0.15) is 6.61 Å². The van der Waals surface area contributed by atoms with Gasteiger partial charge in [-0.1, -0.05) is 6.92 Å². The molecule has 92 valence electrons. The third-order valence-corrected chi connectivity index (χ3v) is 1.52. The Balaban J connectivity index is 2.99. The molecule has 0 aliphatic heterocycles. The minimum atomic E-state index is -4.23. The molecule has 0 amide bonds. The Bertz CT molecular complexity index is 142. The van der Waals surface area contributed by atoms with E-state index >= 15 is 0 Å². The van der Waals surface area contributed by atoms with Crippen molar-refractivity contribution >= 4 is 0 Å². The number of alkyl halides is 3. The van der Waals surface area contributed by atoms with Crippen LogP contribution in [0, 0.1) is 0 Å². The fraction of sp³-hybridized carbons (Fsp3) is 1.00. The molecule has 0 spiro atoms. The quantitative estimate of drug-likeness (QED) is 0.609. The maximum absolute atomic E-state index is 11.6. The van der Waals surface area contributed by atoms with Crippen molar-refractivity contribution in [2.24, 2.45) is 0 Å². The van der Waals surface area contributed by atoms with Crippen molar-refractivity contribution in [1.29, 1.82) is 0 Å². The SMILES string of the molecule is CCNCCOCCCOCC(F)(F)F. The van der Waals surface area contributed by atoms with Crippen molar-refractivity contribution in [3.8, 4) is 0 Å². The monoisotopic (exact) mass is 229 g/mol. The summed E-state index contributed by atoms with van der Waals surface area (Å²) in [6.07, 6.45) is -3.74. The van der Waals surface area contributed by atoms with E-state index in [1.807, 2.05) is 6.92 Å². The van der Waals surface area contributed by atoms with Gasteiger partial charge in [-0.05, 0) is 13.0 Å². The minimum Gasteiger partial charge on any atom is -0.380 e. The Hall–Kier alpha value is -0.330. The third-order valence-electron chi connectivity index (χ3n) is 1.52. The summed E-state index contributed by atoms with van der Waals surface area (Å²) in [5, 5.41) is 3.07. The molecule has 0 fully saturated rings. The van der Waals surface area contributed by atoms with Crippen LogP contribution in [0.2, 0.25) is 0 Å². The maximum atomic E-state index is 11.6. The normalized spacial score (nSPS) is 12.0. The number of halogens is 3. The average molecular weight is 229 g/mol. The lowest BCUT2D eigenvalue weighted by atomic mass is 10.5. The molecule has 3 nitrogen and oxygen atoms in total. The van der Waals surface area contributed by atoms with Gasteiger partial charge >= 0.3 is 6.18 Å². The lowest BCUT2D eigenvalue weighted by molar-refractivity contribution is -0.174. The molecule has 0 aromatic rings. The highest BCUT2D eigenvalue weighted by Crippen LogP contribution is 2.14. The molecule has 0 aliphatic rings. The van der Waals surface area contributed by atoms with E-state index in [-0.39, 0.29) is 6.61 Å². The molecule has 1 N–H and O–H groups in total. The van der Waals surface area contributed by atoms with E-state index in [1.54, 1.807) is 0 Å². The van der Waals surface area contributed by atoms with Gasteiger partial charge in [0, 0.05) is 19.8 Å². The molecule has 0 saturated carbocycles. The van der Waals surface area contributed by atoms with Crippen LogP contribution in [-0.4, -0.2) is 45.7 Å². The minimum absolute atomic E-state index is 0.0840. The van der Waals surface area contributed by atoms with Crippen LogP contribution < -0.4 is 5.32 Å². The standard InChI is InChI=1S/C9H18F3NO2/c1-2-13-4-7-14-5-3-6-15-8-9(10,11)12/h13H,2-8H2,1H3. The first kappa shape index (κ1) is 14.7. The van der Waals surface area contributed by atoms with Crippen LogP contribution in [0.4, 0.5) is 13.2 Å². The van der Waals surface area contributed by atoms with E-state index in [0.717, 1.165) is 13.1 Å². The Morgan fingerprint density at radius 2 is 1.73 bits per heavy atom. The molecule has 0 aliphatic carbocycles. The zero-order valence-corrected chi connectivity index (χ0v) is 8.90. The van der Waals surface area contributed by atoms with Crippen molar-refractivity contribution < 1.29 is 22.6 Å². The van der Waals surface area contributed by atoms with Crippen LogP contribution in [0.15, 0.2) is 0 Å². The van der Waals surface area contributed by atoms with Crippen molar-refractivity contribution in [2.45, 2.75) is 19.5 Å². The summed E-state index contributed by atoms with van der Waals surface area (Å²) in [6, 6.07) is 0. The highest BCUT2D eigenvalue weighted by atomic mass is 19.4. The van der Waals surface area contributed by atoms with E-state index in [1.165, 1.54) is 0 Å². The largest absolute Gasteiger partial charge is 0.411 e. The smallest absolute Gasteiger partial charge is 0.380 e. The highest BCUT2D eigenvalue weighted by molar-refractivity contribution is 4.46. The van der Waals surface area contributed by atoms with Gasteiger partial charge in [-0.15, -0.1) is 0 Å². The molecule has 0 saturated heterocycles. The summed E-state index contributed by atoms with van der Waals surface area (Å²) in [7, 11) is 0. The number of likely N-dealkylation sites (N-methyl/N-ethyl adjacent to an activating group) is 1. The predicted octanol–water partition coefficient (Wildman–Crippen LogP) is 1.58. The van der Waals surface area contributed by atoms with Crippen molar-refractivity contribution in [2.75, 3.05) is 39.5 Å². The molecule has 0 unspecified atom stereocenters. The number of hydrogen-bond acceptors (Lipinski definition) is 3. The van der Waals surface area contributed by atoms with E-state index in [4.69, 9.17) is 4.74 Å². The zero-order chi connectivity index (χ0) is 11.6. The summed E-state index contributed by atoms with van der Waals surface area (Å²) in [6.45, 7) is 3.56. The molecule has 0 aromatic carbocycles. The van der Waals surface area contributed by atoms with Gasteiger partial charge in [0.15, 0.2) is 0 Å². The van der Waals surface area contributed by atoms with Gasteiger partial charge in [-0.3, -0.25) is 0 Å². The van der Waals surface area contributed by atoms with E-state index in [0.29, 0.717) is 19.6 Å². The van der Waals surface area contributed by atoms with Crippen LogP contribution in [0.3, 0.4) is 0 Å². The van der Waals surface area contributed by atoms with Crippen molar-refractivity contribution in [3.63, 3.8) is 0 Å². The summed E-state index contributed by atoms with van der Waals surface area (Å²) >= 11 is 0. The molecular formula is C9H18F3NO2. The summed E-state index contributed by atoms with van der Waals surface area (Å²) < 4.78 is 44.4. The molecule has 6 heteroatoms. The Morgan fingerprint density at radius 3 is 2.33 bits per heavy atom. The number of nitrogens with one attached hydrogen (secondary N) is 1. The molecule has 0 atom stereocenters. The Labute approximate surface area is 87.9 Å². The topological polar surface area (TPSA) is 30.5 Å². The fourth-order valence-electron chi connectivity index (χ4n) is 0.874. The van der Waals surface area contributed by atoms with Crippen molar-refractivity contribution in [1.82, 2.24) is 5.32 Å². The lowest BCUT2D eigenvalue weighted by Gasteiger charge is -2.07. The molecule has 0 radical (unpaired) electrons. The van der Waals surface area contributed by atoms with Crippen LogP contribution in [0.25, 0.3) is 0 Å². The zero-order valence-electron chi connectivity index (χ0n) is 8.90. The predicted molar refractivity (Wildman–Crippen MR) is 50.9 cm³/mol. The molecule has 0 aromatic heterocycles. The van der Waals surface area contributed by atoms with Crippen LogP contribution >= 0.6 is 0 Å². The van der Waals surface area contributed by atoms with E-state index in [2.05, 4.69) is 10.1 Å². The molecule has 0 rings (SSSR count). The number of rotatable bonds is 9. The number of hydrogen-bond donors (Lipinski definition) is 1. The second-order valence-electron chi connectivity index (χ2n) is 2.99. The highest BCUT2D eigenvalue weighted by Gasteiger charge is 2.27. The first-order chi connectivity index (χ1) is 7.06. The molecule has 15 heavy (non-hydrogen) atoms. The lowest BCUT2D eigenvalue weighted by Crippen LogP contribution is -2.20. The van der Waals surface area contributed by atoms with Gasteiger partial charge in [-0.25, -0.2) is 0 Å². The van der Waals surface area contributed by atoms with Gasteiger partial charge in [-0.2, -0.15) is 13.2 Å². The first-order valence-electron chi connectivity index (χ1n) is 4.99. The Kier molecular flexibility index (Phi) is 8.74.